The first-order valence-electron chi connectivity index (χ1n) is 10.4. The van der Waals surface area contributed by atoms with E-state index < -0.39 is 58.1 Å². The van der Waals surface area contributed by atoms with Crippen LogP contribution < -0.4 is 10.7 Å². The summed E-state index contributed by atoms with van der Waals surface area (Å²) in [6.07, 6.45) is 2.96. The molecule has 32 heavy (non-hydrogen) atoms. The molecule has 1 aromatic carbocycles. The number of fused-ring (bicyclic) bond motifs is 6. The van der Waals surface area contributed by atoms with Crippen LogP contribution in [0.2, 0.25) is 0 Å². The first-order valence-corrected chi connectivity index (χ1v) is 10.4. The maximum Gasteiger partial charge on any atom is 0.275 e. The van der Waals surface area contributed by atoms with Crippen LogP contribution in [0.3, 0.4) is 0 Å². The third kappa shape index (κ3) is 2.92. The molecule has 0 spiro atoms. The number of rotatable bonds is 3. The van der Waals surface area contributed by atoms with E-state index in [4.69, 9.17) is 0 Å². The van der Waals surface area contributed by atoms with E-state index in [1.807, 2.05) is 0 Å². The van der Waals surface area contributed by atoms with Gasteiger partial charge in [0.05, 0.1) is 6.04 Å². The van der Waals surface area contributed by atoms with Crippen molar-refractivity contribution in [2.75, 3.05) is 0 Å². The van der Waals surface area contributed by atoms with Gasteiger partial charge in [-0.15, -0.1) is 0 Å². The van der Waals surface area contributed by atoms with Gasteiger partial charge in [0.2, 0.25) is 5.43 Å². The second kappa shape index (κ2) is 7.11. The van der Waals surface area contributed by atoms with E-state index in [1.165, 1.54) is 10.8 Å². The maximum absolute atomic E-state index is 13.8. The minimum atomic E-state index is -1.18. The van der Waals surface area contributed by atoms with Crippen LogP contribution in [0.1, 0.15) is 46.2 Å². The van der Waals surface area contributed by atoms with E-state index in [9.17, 15) is 32.7 Å². The largest absolute Gasteiger partial charge is 0.503 e. The molecule has 1 saturated carbocycles. The molecule has 10 heteroatoms. The number of benzene rings is 1. The fourth-order valence-electron chi connectivity index (χ4n) is 5.54. The van der Waals surface area contributed by atoms with E-state index in [0.717, 1.165) is 12.8 Å². The molecule has 1 saturated heterocycles. The lowest BCUT2D eigenvalue weighted by Gasteiger charge is -2.42. The molecule has 2 bridgehead atoms. The summed E-state index contributed by atoms with van der Waals surface area (Å²) in [5.74, 6) is -4.92. The predicted octanol–water partition coefficient (Wildman–Crippen LogP) is 2.15. The Morgan fingerprint density at radius 1 is 1.19 bits per heavy atom. The van der Waals surface area contributed by atoms with E-state index >= 15 is 0 Å². The monoisotopic (exact) mass is 447 g/mol. The Kier molecular flexibility index (Phi) is 4.58. The van der Waals surface area contributed by atoms with Crippen LogP contribution in [0.4, 0.5) is 13.2 Å². The van der Waals surface area contributed by atoms with E-state index in [-0.39, 0.29) is 17.8 Å². The molecule has 168 valence electrons. The second-order valence-electron chi connectivity index (χ2n) is 8.80. The van der Waals surface area contributed by atoms with Crippen molar-refractivity contribution in [1.29, 1.82) is 0 Å². The number of nitrogens with zero attached hydrogens (tertiary/aromatic N) is 2. The van der Waals surface area contributed by atoms with Crippen molar-refractivity contribution in [3.05, 3.63) is 62.8 Å². The molecule has 2 aliphatic heterocycles. The summed E-state index contributed by atoms with van der Waals surface area (Å²) in [6.45, 7) is 1.84. The first-order chi connectivity index (χ1) is 15.2. The van der Waals surface area contributed by atoms with Crippen LogP contribution >= 0.6 is 0 Å². The highest BCUT2D eigenvalue weighted by Crippen LogP contribution is 2.48. The second-order valence-corrected chi connectivity index (χ2v) is 8.80. The van der Waals surface area contributed by atoms with Crippen molar-refractivity contribution >= 4 is 11.8 Å². The molecular formula is C22H20F3N3O4. The van der Waals surface area contributed by atoms with Crippen molar-refractivity contribution in [2.24, 2.45) is 11.8 Å². The standard InChI is InChI=1S/C22H20F3N3O4/c1-9-2-11-5-12(9)17-8-27-7-14(19(29)20(30)18(27)22(32)28(11)17)21(31)26-6-13-15(24)3-10(23)4-16(13)25/h3-4,7,9,11-12,17,30H,2,5-6,8H2,1H3,(H,26,31)/t9-,11+,12+,17+/m1/s1. The van der Waals surface area contributed by atoms with Crippen molar-refractivity contribution in [3.8, 4) is 5.75 Å². The van der Waals surface area contributed by atoms with Crippen LogP contribution in [-0.4, -0.2) is 38.5 Å². The summed E-state index contributed by atoms with van der Waals surface area (Å²) in [5, 5.41) is 12.7. The molecule has 0 unspecified atom stereocenters. The highest BCUT2D eigenvalue weighted by molar-refractivity contribution is 5.99. The molecule has 1 aliphatic carbocycles. The average Bonchev–Trinajstić information content (AvgIpc) is 3.26. The van der Waals surface area contributed by atoms with Crippen molar-refractivity contribution < 1.29 is 27.9 Å². The number of piperidine rings is 1. The minimum Gasteiger partial charge on any atom is -0.503 e. The molecule has 3 heterocycles. The molecule has 2 aromatic rings. The van der Waals surface area contributed by atoms with Crippen LogP contribution in [-0.2, 0) is 13.1 Å². The smallest absolute Gasteiger partial charge is 0.275 e. The fourth-order valence-corrected chi connectivity index (χ4v) is 5.54. The first kappa shape index (κ1) is 20.6. The normalized spacial score (nSPS) is 25.6. The Balaban J connectivity index is 1.45. The number of hydrogen-bond acceptors (Lipinski definition) is 4. The van der Waals surface area contributed by atoms with Gasteiger partial charge in [-0.25, -0.2) is 13.2 Å². The molecule has 5 rings (SSSR count). The van der Waals surface area contributed by atoms with E-state index in [1.54, 1.807) is 4.90 Å². The SMILES string of the molecule is C[C@@H]1C[C@H]2C[C@@H]1[C@@H]1Cn3cc(C(=O)NCc4c(F)cc(F)cc4F)c(=O)c(O)c3C(=O)N21. The highest BCUT2D eigenvalue weighted by atomic mass is 19.1. The third-order valence-corrected chi connectivity index (χ3v) is 7.02. The van der Waals surface area contributed by atoms with Gasteiger partial charge in [0.15, 0.2) is 11.4 Å². The summed E-state index contributed by atoms with van der Waals surface area (Å²) in [4.78, 5) is 40.0. The zero-order chi connectivity index (χ0) is 22.9. The van der Waals surface area contributed by atoms with Gasteiger partial charge in [-0.3, -0.25) is 14.4 Å². The predicted molar refractivity (Wildman–Crippen MR) is 105 cm³/mol. The number of aromatic hydroxyl groups is 1. The van der Waals surface area contributed by atoms with Gasteiger partial charge in [0.1, 0.15) is 23.0 Å². The quantitative estimate of drug-likeness (QED) is 0.755. The highest BCUT2D eigenvalue weighted by Gasteiger charge is 2.54. The van der Waals surface area contributed by atoms with Crippen LogP contribution in [0.5, 0.6) is 5.75 Å². The Labute approximate surface area is 180 Å². The van der Waals surface area contributed by atoms with Crippen LogP contribution in [0.25, 0.3) is 0 Å². The maximum atomic E-state index is 13.8. The van der Waals surface area contributed by atoms with Gasteiger partial charge in [0, 0.05) is 43.0 Å². The lowest BCUT2D eigenvalue weighted by molar-refractivity contribution is 0.0416. The zero-order valence-electron chi connectivity index (χ0n) is 17.1. The van der Waals surface area contributed by atoms with Crippen molar-refractivity contribution in [1.82, 2.24) is 14.8 Å². The number of hydrogen-bond donors (Lipinski definition) is 2. The number of carbonyl (C=O) groups excluding carboxylic acids is 2. The summed E-state index contributed by atoms with van der Waals surface area (Å²) in [5.41, 5.74) is -2.22. The zero-order valence-corrected chi connectivity index (χ0v) is 17.1. The molecule has 2 fully saturated rings. The molecule has 0 radical (unpaired) electrons. The Morgan fingerprint density at radius 3 is 2.56 bits per heavy atom. The molecule has 1 aromatic heterocycles. The number of aromatic nitrogens is 1. The topological polar surface area (TPSA) is 91.6 Å². The number of nitrogens with one attached hydrogen (secondary N) is 1. The molecule has 4 atom stereocenters. The van der Waals surface area contributed by atoms with Crippen molar-refractivity contribution in [3.63, 3.8) is 0 Å². The average molecular weight is 447 g/mol. The van der Waals surface area contributed by atoms with E-state index in [2.05, 4.69) is 12.2 Å². The van der Waals surface area contributed by atoms with Gasteiger partial charge in [-0.2, -0.15) is 0 Å². The van der Waals surface area contributed by atoms with Gasteiger partial charge >= 0.3 is 0 Å². The van der Waals surface area contributed by atoms with E-state index in [0.29, 0.717) is 30.5 Å². The number of halogens is 3. The Morgan fingerprint density at radius 2 is 1.88 bits per heavy atom. The third-order valence-electron chi connectivity index (χ3n) is 7.02. The van der Waals surface area contributed by atoms with Gasteiger partial charge in [-0.05, 0) is 24.7 Å². The number of pyridine rings is 1. The van der Waals surface area contributed by atoms with Crippen LogP contribution in [0, 0.1) is 29.3 Å². The fraction of sp³-hybridized carbons (Fsp3) is 0.409. The van der Waals surface area contributed by atoms with Gasteiger partial charge < -0.3 is 19.9 Å². The lowest BCUT2D eigenvalue weighted by Crippen LogP contribution is -2.53. The number of amides is 2. The summed E-state index contributed by atoms with van der Waals surface area (Å²) < 4.78 is 42.1. The van der Waals surface area contributed by atoms with Crippen LogP contribution in [0.15, 0.2) is 23.1 Å². The van der Waals surface area contributed by atoms with Gasteiger partial charge in [-0.1, -0.05) is 6.92 Å². The lowest BCUT2D eigenvalue weighted by atomic mass is 9.87. The van der Waals surface area contributed by atoms with Gasteiger partial charge in [0.25, 0.3) is 11.8 Å². The number of carbonyl (C=O) groups is 2. The Bertz CT molecular complexity index is 1200. The Hall–Kier alpha value is -3.30. The molecule has 2 N–H and O–H groups in total. The minimum absolute atomic E-state index is 0.0797. The summed E-state index contributed by atoms with van der Waals surface area (Å²) >= 11 is 0. The molecular weight excluding hydrogens is 427 g/mol. The summed E-state index contributed by atoms with van der Waals surface area (Å²) in [6, 6.07) is 0.971. The molecule has 7 nitrogen and oxygen atoms in total. The molecule has 2 amide bonds. The van der Waals surface area contributed by atoms with Crippen molar-refractivity contribution in [2.45, 2.75) is 44.9 Å². The molecule has 3 aliphatic rings. The summed E-state index contributed by atoms with van der Waals surface area (Å²) in [7, 11) is 0.